The first-order chi connectivity index (χ1) is 22.9. The Bertz CT molecular complexity index is 1910. The second-order valence-corrected chi connectivity index (χ2v) is 15.6. The first-order valence-electron chi connectivity index (χ1n) is 17.3. The average molecular weight is 637 g/mol. The van der Waals surface area contributed by atoms with Crippen LogP contribution < -0.4 is 14.4 Å². The Morgan fingerprint density at radius 3 is 1.54 bits per heavy atom. The third-order valence-electron chi connectivity index (χ3n) is 10.1. The average Bonchev–Trinajstić information content (AvgIpc) is 3.69. The van der Waals surface area contributed by atoms with Crippen LogP contribution in [0.1, 0.15) is 93.3 Å². The van der Waals surface area contributed by atoms with Crippen molar-refractivity contribution in [2.75, 3.05) is 4.90 Å². The summed E-state index contributed by atoms with van der Waals surface area (Å²) in [7, 11) is 0. The van der Waals surface area contributed by atoms with E-state index in [0.717, 1.165) is 49.2 Å². The van der Waals surface area contributed by atoms with E-state index in [1.165, 1.54) is 44.6 Å². The summed E-state index contributed by atoms with van der Waals surface area (Å²) in [6.45, 7) is 19.7. The maximum Gasteiger partial charge on any atom is 0.127 e. The van der Waals surface area contributed by atoms with Crippen LogP contribution in [0.3, 0.4) is 0 Å². The highest BCUT2D eigenvalue weighted by atomic mass is 16.5. The fourth-order valence-electron chi connectivity index (χ4n) is 6.81. The normalized spacial score (nSPS) is 15.3. The highest BCUT2D eigenvalue weighted by Crippen LogP contribution is 2.36. The number of hydrogen-bond donors (Lipinski definition) is 0. The van der Waals surface area contributed by atoms with Crippen molar-refractivity contribution in [1.82, 2.24) is 4.90 Å². The minimum atomic E-state index is 0.134. The van der Waals surface area contributed by atoms with Crippen molar-refractivity contribution in [3.05, 3.63) is 148 Å². The maximum absolute atomic E-state index is 6.33. The predicted octanol–water partition coefficient (Wildman–Crippen LogP) is 11.4. The molecule has 0 N–H and O–H groups in total. The summed E-state index contributed by atoms with van der Waals surface area (Å²) in [6.07, 6.45) is 0. The van der Waals surface area contributed by atoms with Gasteiger partial charge in [0, 0.05) is 43.3 Å². The molecule has 5 aromatic rings. The number of ether oxygens (including phenoxy) is 2. The molecule has 0 spiro atoms. The van der Waals surface area contributed by atoms with E-state index in [4.69, 9.17) is 9.47 Å². The second-order valence-electron chi connectivity index (χ2n) is 15.6. The van der Waals surface area contributed by atoms with E-state index in [0.29, 0.717) is 0 Å². The number of nitrogens with zero attached hydrogens (tertiary/aromatic N) is 2. The largest absolute Gasteiger partial charge is 0.457 e. The van der Waals surface area contributed by atoms with Crippen LogP contribution in [-0.4, -0.2) is 10.4 Å². The molecule has 0 amide bonds. The van der Waals surface area contributed by atoms with Crippen molar-refractivity contribution >= 4 is 5.69 Å². The molecule has 5 aromatic carbocycles. The Morgan fingerprint density at radius 1 is 0.521 bits per heavy atom. The molecule has 1 atom stereocenters. The fraction of sp³-hybridized carbons (Fsp3) is 0.318. The molecule has 0 bridgehead atoms. The van der Waals surface area contributed by atoms with Crippen molar-refractivity contribution < 1.29 is 9.47 Å². The molecular formula is C44H48N2O2. The first-order valence-corrected chi connectivity index (χ1v) is 17.3. The van der Waals surface area contributed by atoms with Gasteiger partial charge in [0.05, 0.1) is 0 Å². The lowest BCUT2D eigenvalue weighted by molar-refractivity contribution is 0.136. The van der Waals surface area contributed by atoms with Gasteiger partial charge in [-0.05, 0) is 126 Å². The van der Waals surface area contributed by atoms with Crippen LogP contribution in [-0.2, 0) is 31.6 Å². The number of benzene rings is 5. The Hall–Kier alpha value is -4.54. The van der Waals surface area contributed by atoms with Crippen LogP contribution >= 0.6 is 0 Å². The molecule has 1 unspecified atom stereocenters. The van der Waals surface area contributed by atoms with Crippen LogP contribution in [0.4, 0.5) is 5.69 Å². The number of hydrogen-bond acceptors (Lipinski definition) is 4. The molecule has 0 saturated carbocycles. The van der Waals surface area contributed by atoms with Gasteiger partial charge in [-0.3, -0.25) is 4.90 Å². The SMILES string of the molecule is CC(c1ccc(Oc2ccc3c(c2)CN(c2cccc(C(C)(C)C)c2)C3)cc1)c1ccc(Oc2ccc3c(c2)CN(C(C)(C)C)C3)cc1. The molecule has 0 saturated heterocycles. The molecule has 48 heavy (non-hydrogen) atoms. The number of anilines is 1. The summed E-state index contributed by atoms with van der Waals surface area (Å²) >= 11 is 0. The summed E-state index contributed by atoms with van der Waals surface area (Å²) < 4.78 is 12.6. The minimum absolute atomic E-state index is 0.134. The topological polar surface area (TPSA) is 24.9 Å². The molecule has 0 radical (unpaired) electrons. The molecule has 2 aliphatic rings. The zero-order valence-corrected chi connectivity index (χ0v) is 29.5. The lowest BCUT2D eigenvalue weighted by Crippen LogP contribution is -2.36. The molecule has 4 nitrogen and oxygen atoms in total. The van der Waals surface area contributed by atoms with E-state index in [1.54, 1.807) is 0 Å². The zero-order valence-electron chi connectivity index (χ0n) is 29.5. The molecule has 0 fully saturated rings. The Kier molecular flexibility index (Phi) is 8.33. The minimum Gasteiger partial charge on any atom is -0.457 e. The van der Waals surface area contributed by atoms with E-state index in [-0.39, 0.29) is 16.9 Å². The molecule has 7 rings (SSSR count). The fourth-order valence-corrected chi connectivity index (χ4v) is 6.81. The quantitative estimate of drug-likeness (QED) is 0.177. The van der Waals surface area contributed by atoms with Crippen molar-refractivity contribution in [2.45, 2.75) is 91.5 Å². The van der Waals surface area contributed by atoms with Crippen LogP contribution in [0.15, 0.2) is 109 Å². The number of fused-ring (bicyclic) bond motifs is 2. The smallest absolute Gasteiger partial charge is 0.127 e. The van der Waals surface area contributed by atoms with E-state index in [9.17, 15) is 0 Å². The molecule has 246 valence electrons. The van der Waals surface area contributed by atoms with Gasteiger partial charge < -0.3 is 14.4 Å². The lowest BCUT2D eigenvalue weighted by atomic mass is 9.87. The van der Waals surface area contributed by atoms with Crippen LogP contribution in [0.2, 0.25) is 0 Å². The molecular weight excluding hydrogens is 588 g/mol. The van der Waals surface area contributed by atoms with Gasteiger partial charge in [0.15, 0.2) is 0 Å². The predicted molar refractivity (Wildman–Crippen MR) is 197 cm³/mol. The van der Waals surface area contributed by atoms with Crippen LogP contribution in [0.5, 0.6) is 23.0 Å². The van der Waals surface area contributed by atoms with Crippen LogP contribution in [0, 0.1) is 0 Å². The van der Waals surface area contributed by atoms with Crippen molar-refractivity contribution in [1.29, 1.82) is 0 Å². The lowest BCUT2D eigenvalue weighted by Gasteiger charge is -2.31. The van der Waals surface area contributed by atoms with Crippen molar-refractivity contribution in [3.63, 3.8) is 0 Å². The third kappa shape index (κ3) is 6.86. The standard InChI is InChI=1S/C44H48N2O2/c1-30(32-13-19-40(20-14-32)48-42-22-16-34-28-46(44(5,6)7)29-36(34)24-42)31-11-17-39(18-12-31)47-41-21-15-33-26-45(27-35(33)23-41)38-10-8-9-37(25-38)43(2,3)4/h8-25,30H,26-29H2,1-7H3. The van der Waals surface area contributed by atoms with Crippen LogP contribution in [0.25, 0.3) is 0 Å². The Morgan fingerprint density at radius 2 is 1.00 bits per heavy atom. The van der Waals surface area contributed by atoms with E-state index < -0.39 is 0 Å². The second kappa shape index (κ2) is 12.5. The molecule has 2 aliphatic heterocycles. The van der Waals surface area contributed by atoms with Gasteiger partial charge >= 0.3 is 0 Å². The zero-order chi connectivity index (χ0) is 33.6. The third-order valence-corrected chi connectivity index (χ3v) is 10.1. The highest BCUT2D eigenvalue weighted by Gasteiger charge is 2.28. The van der Waals surface area contributed by atoms with Gasteiger partial charge in [-0.15, -0.1) is 0 Å². The summed E-state index contributed by atoms with van der Waals surface area (Å²) in [6, 6.07) is 39.0. The summed E-state index contributed by atoms with van der Waals surface area (Å²) in [4.78, 5) is 4.95. The van der Waals surface area contributed by atoms with Crippen molar-refractivity contribution in [3.8, 4) is 23.0 Å². The Balaban J connectivity index is 0.960. The van der Waals surface area contributed by atoms with Gasteiger partial charge in [0.1, 0.15) is 23.0 Å². The summed E-state index contributed by atoms with van der Waals surface area (Å²) in [5.41, 5.74) is 10.9. The summed E-state index contributed by atoms with van der Waals surface area (Å²) in [5.74, 6) is 3.73. The molecule has 0 aliphatic carbocycles. The first kappa shape index (κ1) is 32.0. The van der Waals surface area contributed by atoms with Gasteiger partial charge in [-0.1, -0.05) is 76.2 Å². The van der Waals surface area contributed by atoms with Gasteiger partial charge in [-0.25, -0.2) is 0 Å². The molecule has 2 heterocycles. The summed E-state index contributed by atoms with van der Waals surface area (Å²) in [5, 5.41) is 0. The highest BCUT2D eigenvalue weighted by molar-refractivity contribution is 5.55. The van der Waals surface area contributed by atoms with E-state index in [2.05, 4.69) is 167 Å². The van der Waals surface area contributed by atoms with Gasteiger partial charge in [0.25, 0.3) is 0 Å². The molecule has 0 aromatic heterocycles. The number of rotatable bonds is 7. The Labute approximate surface area is 287 Å². The molecule has 4 heteroatoms. The van der Waals surface area contributed by atoms with Gasteiger partial charge in [0.2, 0.25) is 0 Å². The van der Waals surface area contributed by atoms with Crippen molar-refractivity contribution in [2.24, 2.45) is 0 Å². The van der Waals surface area contributed by atoms with E-state index >= 15 is 0 Å². The maximum atomic E-state index is 6.33. The monoisotopic (exact) mass is 636 g/mol. The van der Waals surface area contributed by atoms with E-state index in [1.807, 2.05) is 0 Å². The van der Waals surface area contributed by atoms with Gasteiger partial charge in [-0.2, -0.15) is 0 Å².